The van der Waals surface area contributed by atoms with Crippen LogP contribution in [0, 0.1) is 13.8 Å². The Morgan fingerprint density at radius 2 is 1.82 bits per heavy atom. The Morgan fingerprint density at radius 1 is 1.00 bits per heavy atom. The fraction of sp³-hybridized carbons (Fsp3) is 0.143. The van der Waals surface area contributed by atoms with Gasteiger partial charge in [0.05, 0.1) is 24.0 Å². The molecule has 140 valence electrons. The third kappa shape index (κ3) is 3.42. The molecule has 0 aliphatic carbocycles. The van der Waals surface area contributed by atoms with Gasteiger partial charge in [0, 0.05) is 17.0 Å². The number of hydrogen-bond acceptors (Lipinski definition) is 6. The van der Waals surface area contributed by atoms with Crippen molar-refractivity contribution >= 4 is 22.8 Å². The maximum Gasteiger partial charge on any atom is 0.252 e. The number of H-pyrrole nitrogens is 1. The van der Waals surface area contributed by atoms with Gasteiger partial charge in [-0.15, -0.1) is 0 Å². The Morgan fingerprint density at radius 3 is 2.64 bits per heavy atom. The van der Waals surface area contributed by atoms with Crippen LogP contribution in [0.5, 0.6) is 5.75 Å². The molecular formula is C21H19N5O2. The number of aromatic amines is 1. The Labute approximate surface area is 161 Å². The van der Waals surface area contributed by atoms with E-state index in [0.717, 1.165) is 27.7 Å². The normalized spacial score (nSPS) is 10.8. The Kier molecular flexibility index (Phi) is 4.49. The molecule has 7 nitrogen and oxygen atoms in total. The molecule has 2 heterocycles. The van der Waals surface area contributed by atoms with E-state index in [1.165, 1.54) is 6.07 Å². The molecule has 0 radical (unpaired) electrons. The maximum absolute atomic E-state index is 12.2. The highest BCUT2D eigenvalue weighted by atomic mass is 16.5. The lowest BCUT2D eigenvalue weighted by Gasteiger charge is -2.10. The first-order valence-electron chi connectivity index (χ1n) is 8.80. The first-order chi connectivity index (χ1) is 13.5. The number of anilines is 2. The fourth-order valence-corrected chi connectivity index (χ4v) is 3.07. The zero-order chi connectivity index (χ0) is 19.7. The Balaban J connectivity index is 1.76. The number of benzene rings is 2. The van der Waals surface area contributed by atoms with E-state index in [2.05, 4.69) is 25.3 Å². The number of rotatable bonds is 4. The number of aryl methyl sites for hydroxylation is 2. The van der Waals surface area contributed by atoms with Crippen LogP contribution >= 0.6 is 0 Å². The molecule has 2 N–H and O–H groups in total. The van der Waals surface area contributed by atoms with E-state index < -0.39 is 0 Å². The van der Waals surface area contributed by atoms with E-state index in [-0.39, 0.29) is 11.5 Å². The lowest BCUT2D eigenvalue weighted by atomic mass is 10.1. The molecule has 0 aliphatic heterocycles. The number of aromatic nitrogens is 4. The molecule has 0 saturated carbocycles. The van der Waals surface area contributed by atoms with Gasteiger partial charge < -0.3 is 4.74 Å². The third-order valence-corrected chi connectivity index (χ3v) is 4.40. The molecule has 0 bridgehead atoms. The molecule has 0 unspecified atom stereocenters. The van der Waals surface area contributed by atoms with Gasteiger partial charge in [0.1, 0.15) is 5.75 Å². The van der Waals surface area contributed by atoms with Gasteiger partial charge in [-0.05, 0) is 37.6 Å². The highest BCUT2D eigenvalue weighted by molar-refractivity contribution is 5.82. The number of hydrogen-bond donors (Lipinski definition) is 2. The summed E-state index contributed by atoms with van der Waals surface area (Å²) < 4.78 is 5.38. The summed E-state index contributed by atoms with van der Waals surface area (Å²) in [7, 11) is 1.58. The van der Waals surface area contributed by atoms with Crippen LogP contribution in [0.25, 0.3) is 22.2 Å². The van der Waals surface area contributed by atoms with Crippen molar-refractivity contribution in [3.63, 3.8) is 0 Å². The van der Waals surface area contributed by atoms with Crippen LogP contribution in [0.2, 0.25) is 0 Å². The third-order valence-electron chi connectivity index (χ3n) is 4.40. The molecule has 0 spiro atoms. The minimum Gasteiger partial charge on any atom is -0.496 e. The summed E-state index contributed by atoms with van der Waals surface area (Å²) in [5.41, 5.74) is 3.73. The predicted octanol–water partition coefficient (Wildman–Crippen LogP) is 3.75. The highest BCUT2D eigenvalue weighted by Crippen LogP contribution is 2.28. The summed E-state index contributed by atoms with van der Waals surface area (Å²) >= 11 is 0. The van der Waals surface area contributed by atoms with Crippen molar-refractivity contribution in [2.45, 2.75) is 13.8 Å². The molecule has 28 heavy (non-hydrogen) atoms. The van der Waals surface area contributed by atoms with E-state index >= 15 is 0 Å². The van der Waals surface area contributed by atoms with Gasteiger partial charge >= 0.3 is 0 Å². The number of nitrogens with one attached hydrogen (secondary N) is 2. The molecule has 0 aliphatic rings. The molecule has 0 atom stereocenters. The Hall–Kier alpha value is -3.74. The second-order valence-corrected chi connectivity index (χ2v) is 6.46. The first-order valence-corrected chi connectivity index (χ1v) is 8.80. The van der Waals surface area contributed by atoms with Gasteiger partial charge in [0.15, 0.2) is 0 Å². The molecule has 0 saturated heterocycles. The van der Waals surface area contributed by atoms with Crippen molar-refractivity contribution in [3.05, 3.63) is 70.1 Å². The minimum atomic E-state index is -0.285. The van der Waals surface area contributed by atoms with Gasteiger partial charge in [-0.25, -0.2) is 15.0 Å². The molecule has 0 amide bonds. The smallest absolute Gasteiger partial charge is 0.252 e. The maximum atomic E-state index is 12.2. The molecule has 2 aromatic heterocycles. The van der Waals surface area contributed by atoms with Crippen LogP contribution < -0.4 is 15.6 Å². The summed E-state index contributed by atoms with van der Waals surface area (Å²) in [6.45, 7) is 3.94. The Bertz CT molecular complexity index is 1230. The van der Waals surface area contributed by atoms with Gasteiger partial charge in [-0.2, -0.15) is 0 Å². The highest BCUT2D eigenvalue weighted by Gasteiger charge is 2.11. The van der Waals surface area contributed by atoms with E-state index in [1.54, 1.807) is 7.11 Å². The second kappa shape index (κ2) is 7.11. The van der Waals surface area contributed by atoms with Crippen LogP contribution in [-0.4, -0.2) is 27.0 Å². The zero-order valence-corrected chi connectivity index (χ0v) is 15.8. The van der Waals surface area contributed by atoms with E-state index in [4.69, 9.17) is 4.74 Å². The van der Waals surface area contributed by atoms with Crippen LogP contribution in [0.4, 0.5) is 11.9 Å². The summed E-state index contributed by atoms with van der Waals surface area (Å²) in [6.07, 6.45) is 0. The van der Waals surface area contributed by atoms with Crippen molar-refractivity contribution in [3.8, 4) is 17.0 Å². The van der Waals surface area contributed by atoms with E-state index in [1.807, 2.05) is 56.3 Å². The molecule has 0 fully saturated rings. The molecule has 4 rings (SSSR count). The van der Waals surface area contributed by atoms with E-state index in [0.29, 0.717) is 17.4 Å². The molecule has 4 aromatic rings. The first kappa shape index (κ1) is 17.7. The van der Waals surface area contributed by atoms with Crippen LogP contribution in [-0.2, 0) is 0 Å². The van der Waals surface area contributed by atoms with Crippen molar-refractivity contribution in [2.24, 2.45) is 0 Å². The van der Waals surface area contributed by atoms with Crippen molar-refractivity contribution in [2.75, 3.05) is 12.4 Å². The van der Waals surface area contributed by atoms with Crippen molar-refractivity contribution < 1.29 is 4.74 Å². The van der Waals surface area contributed by atoms with Crippen LogP contribution in [0.3, 0.4) is 0 Å². The molecule has 7 heteroatoms. The lowest BCUT2D eigenvalue weighted by Crippen LogP contribution is -2.12. The monoisotopic (exact) mass is 373 g/mol. The average molecular weight is 373 g/mol. The summed E-state index contributed by atoms with van der Waals surface area (Å²) in [6, 6.07) is 14.9. The van der Waals surface area contributed by atoms with Gasteiger partial charge in [0.25, 0.3) is 5.56 Å². The number of para-hydroxylation sites is 1. The zero-order valence-electron chi connectivity index (χ0n) is 15.8. The van der Waals surface area contributed by atoms with Gasteiger partial charge in [-0.1, -0.05) is 24.3 Å². The molecule has 2 aromatic carbocycles. The minimum absolute atomic E-state index is 0.264. The number of fused-ring (bicyclic) bond motifs is 1. The summed E-state index contributed by atoms with van der Waals surface area (Å²) in [5, 5.41) is 4.00. The SMILES string of the molecule is COc1ccccc1-c1cc(=O)[nH]c(Nc2nc(C)c3ccc(C)cc3n2)n1. The standard InChI is InChI=1S/C21H19N5O2/c1-12-8-9-14-13(2)22-20(23-16(14)10-12)26-21-24-17(11-19(27)25-21)15-6-4-5-7-18(15)28-3/h4-11H,1-3H3,(H2,22,23,24,25,26,27). The largest absolute Gasteiger partial charge is 0.496 e. The number of ether oxygens (including phenoxy) is 1. The second-order valence-electron chi connectivity index (χ2n) is 6.46. The topological polar surface area (TPSA) is 92.8 Å². The average Bonchev–Trinajstić information content (AvgIpc) is 2.67. The fourth-order valence-electron chi connectivity index (χ4n) is 3.07. The lowest BCUT2D eigenvalue weighted by molar-refractivity contribution is 0.416. The molecular weight excluding hydrogens is 354 g/mol. The van der Waals surface area contributed by atoms with Crippen molar-refractivity contribution in [1.29, 1.82) is 0 Å². The quantitative estimate of drug-likeness (QED) is 0.566. The van der Waals surface area contributed by atoms with Gasteiger partial charge in [0.2, 0.25) is 11.9 Å². The number of nitrogens with zero attached hydrogens (tertiary/aromatic N) is 3. The number of methoxy groups -OCH3 is 1. The van der Waals surface area contributed by atoms with Gasteiger partial charge in [-0.3, -0.25) is 15.1 Å². The van der Waals surface area contributed by atoms with E-state index in [9.17, 15) is 4.79 Å². The summed E-state index contributed by atoms with van der Waals surface area (Å²) in [4.78, 5) is 28.4. The van der Waals surface area contributed by atoms with Crippen LogP contribution in [0.1, 0.15) is 11.3 Å². The summed E-state index contributed by atoms with van der Waals surface area (Å²) in [5.74, 6) is 1.27. The van der Waals surface area contributed by atoms with Crippen molar-refractivity contribution in [1.82, 2.24) is 19.9 Å². The van der Waals surface area contributed by atoms with Crippen LogP contribution in [0.15, 0.2) is 53.3 Å². The predicted molar refractivity (Wildman–Crippen MR) is 109 cm³/mol.